The first-order valence-corrected chi connectivity index (χ1v) is 14.9. The van der Waals surface area contributed by atoms with E-state index in [4.69, 9.17) is 22.2 Å². The zero-order valence-electron chi connectivity index (χ0n) is 26.9. The van der Waals surface area contributed by atoms with Crippen molar-refractivity contribution in [1.82, 2.24) is 0 Å². The highest BCUT2D eigenvalue weighted by Crippen LogP contribution is 2.48. The van der Waals surface area contributed by atoms with Gasteiger partial charge in [0.1, 0.15) is 0 Å². The van der Waals surface area contributed by atoms with Crippen molar-refractivity contribution in [2.45, 2.75) is 71.4 Å². The summed E-state index contributed by atoms with van der Waals surface area (Å²) in [6.45, 7) is 15.6. The molecule has 2 unspecified atom stereocenters. The highest BCUT2D eigenvalue weighted by Gasteiger charge is 2.41. The van der Waals surface area contributed by atoms with E-state index >= 15 is 0 Å². The first kappa shape index (κ1) is 31.8. The summed E-state index contributed by atoms with van der Waals surface area (Å²) in [6.07, 6.45) is 10.2. The predicted octanol–water partition coefficient (Wildman–Crippen LogP) is 7.56. The molecule has 226 valence electrons. The van der Waals surface area contributed by atoms with E-state index in [0.717, 1.165) is 28.2 Å². The van der Waals surface area contributed by atoms with Crippen LogP contribution >= 0.6 is 0 Å². The lowest BCUT2D eigenvalue weighted by Gasteiger charge is -2.45. The second-order valence-corrected chi connectivity index (χ2v) is 13.6. The lowest BCUT2D eigenvalue weighted by Crippen LogP contribution is -2.41. The third-order valence-corrected chi connectivity index (χ3v) is 9.15. The average Bonchev–Trinajstić information content (AvgIpc) is 2.96. The summed E-state index contributed by atoms with van der Waals surface area (Å²) in [5.74, 6) is 0. The molecule has 0 saturated heterocycles. The number of aliphatic imine (C=N–C) groups is 2. The third kappa shape index (κ3) is 6.91. The van der Waals surface area contributed by atoms with Crippen molar-refractivity contribution in [2.75, 3.05) is 23.8 Å². The molecule has 43 heavy (non-hydrogen) atoms. The molecule has 2 atom stereocenters. The summed E-state index contributed by atoms with van der Waals surface area (Å²) in [6, 6.07) is 20.1. The van der Waals surface area contributed by atoms with Gasteiger partial charge in [0.25, 0.3) is 0 Å². The average molecular weight is 577 g/mol. The van der Waals surface area contributed by atoms with Crippen LogP contribution in [0.1, 0.15) is 70.7 Å². The van der Waals surface area contributed by atoms with Crippen LogP contribution in [0.15, 0.2) is 94.4 Å². The number of allylic oxidation sites excluding steroid dienone is 2. The van der Waals surface area contributed by atoms with E-state index in [0.29, 0.717) is 5.69 Å². The molecule has 3 aromatic carbocycles. The normalized spacial score (nSPS) is 17.9. The molecule has 0 amide bonds. The van der Waals surface area contributed by atoms with Gasteiger partial charge in [-0.1, -0.05) is 103 Å². The Morgan fingerprint density at radius 3 is 1.95 bits per heavy atom. The SMILES string of the molecule is CNc1cc(C(C)(C)C(C)(C)C2=CC(N)C(N=Cc3ccc(C=Nc4cc(C(C)(C)C)ccc4N)cc3)C=C2)ccc1N. The molecule has 0 heterocycles. The van der Waals surface area contributed by atoms with Crippen LogP contribution in [0, 0.1) is 5.41 Å². The van der Waals surface area contributed by atoms with Crippen LogP contribution in [0.3, 0.4) is 0 Å². The molecule has 0 aromatic heterocycles. The quantitative estimate of drug-likeness (QED) is 0.164. The molecular formula is C37H48N6. The minimum Gasteiger partial charge on any atom is -0.397 e. The molecule has 1 aliphatic rings. The largest absolute Gasteiger partial charge is 0.397 e. The van der Waals surface area contributed by atoms with Gasteiger partial charge < -0.3 is 22.5 Å². The Morgan fingerprint density at radius 1 is 0.744 bits per heavy atom. The molecule has 1 aliphatic carbocycles. The Kier molecular flexibility index (Phi) is 9.02. The smallest absolute Gasteiger partial charge is 0.0870 e. The fraction of sp³-hybridized carbons (Fsp3) is 0.351. The number of hydrogen-bond acceptors (Lipinski definition) is 6. The molecule has 0 fully saturated rings. The summed E-state index contributed by atoms with van der Waals surface area (Å²) in [5.41, 5.74) is 27.4. The van der Waals surface area contributed by atoms with E-state index in [2.05, 4.69) is 101 Å². The topological polar surface area (TPSA) is 115 Å². The minimum atomic E-state index is -0.216. The first-order chi connectivity index (χ1) is 20.1. The van der Waals surface area contributed by atoms with Crippen LogP contribution in [0.25, 0.3) is 0 Å². The molecule has 4 rings (SSSR count). The van der Waals surface area contributed by atoms with Gasteiger partial charge in [-0.05, 0) is 68.3 Å². The van der Waals surface area contributed by atoms with Crippen molar-refractivity contribution < 1.29 is 0 Å². The highest BCUT2D eigenvalue weighted by molar-refractivity contribution is 5.86. The van der Waals surface area contributed by atoms with Gasteiger partial charge in [-0.2, -0.15) is 0 Å². The maximum atomic E-state index is 6.65. The van der Waals surface area contributed by atoms with Crippen molar-refractivity contribution in [3.63, 3.8) is 0 Å². The van der Waals surface area contributed by atoms with Crippen molar-refractivity contribution >= 4 is 35.2 Å². The van der Waals surface area contributed by atoms with Crippen LogP contribution in [-0.4, -0.2) is 31.6 Å². The highest BCUT2D eigenvalue weighted by atomic mass is 14.9. The predicted molar refractivity (Wildman–Crippen MR) is 187 cm³/mol. The maximum absolute atomic E-state index is 6.65. The van der Waals surface area contributed by atoms with Crippen LogP contribution in [0.2, 0.25) is 0 Å². The molecule has 0 saturated carbocycles. The third-order valence-electron chi connectivity index (χ3n) is 9.15. The fourth-order valence-corrected chi connectivity index (χ4v) is 5.25. The summed E-state index contributed by atoms with van der Waals surface area (Å²) in [5, 5.41) is 3.20. The number of hydrogen-bond donors (Lipinski definition) is 4. The van der Waals surface area contributed by atoms with Gasteiger partial charge in [-0.25, -0.2) is 0 Å². The van der Waals surface area contributed by atoms with Crippen molar-refractivity contribution in [3.05, 3.63) is 107 Å². The zero-order valence-corrected chi connectivity index (χ0v) is 26.9. The Morgan fingerprint density at radius 2 is 1.35 bits per heavy atom. The lowest BCUT2D eigenvalue weighted by molar-refractivity contribution is 0.252. The van der Waals surface area contributed by atoms with Crippen molar-refractivity contribution in [3.8, 4) is 0 Å². The summed E-state index contributed by atoms with van der Waals surface area (Å²) in [4.78, 5) is 9.48. The molecule has 6 heteroatoms. The van der Waals surface area contributed by atoms with Gasteiger partial charge in [0.15, 0.2) is 0 Å². The van der Waals surface area contributed by atoms with Gasteiger partial charge in [0, 0.05) is 25.5 Å². The number of nitrogens with one attached hydrogen (secondary N) is 1. The van der Waals surface area contributed by atoms with Gasteiger partial charge in [0.05, 0.1) is 28.8 Å². The Labute approximate surface area is 257 Å². The Balaban J connectivity index is 1.44. The van der Waals surface area contributed by atoms with E-state index in [1.54, 1.807) is 0 Å². The Bertz CT molecular complexity index is 1570. The first-order valence-electron chi connectivity index (χ1n) is 14.9. The van der Waals surface area contributed by atoms with Crippen LogP contribution < -0.4 is 22.5 Å². The van der Waals surface area contributed by atoms with E-state index in [1.807, 2.05) is 55.9 Å². The van der Waals surface area contributed by atoms with Gasteiger partial charge in [-0.15, -0.1) is 0 Å². The molecule has 7 N–H and O–H groups in total. The lowest BCUT2D eigenvalue weighted by atomic mass is 9.59. The molecule has 3 aromatic rings. The summed E-state index contributed by atoms with van der Waals surface area (Å²) < 4.78 is 0. The van der Waals surface area contributed by atoms with Crippen LogP contribution in [-0.2, 0) is 10.8 Å². The number of nitrogens with two attached hydrogens (primary N) is 3. The zero-order chi connectivity index (χ0) is 31.6. The van der Waals surface area contributed by atoms with E-state index in [1.165, 1.54) is 16.7 Å². The monoisotopic (exact) mass is 576 g/mol. The maximum Gasteiger partial charge on any atom is 0.0870 e. The number of benzene rings is 3. The number of rotatable bonds is 8. The standard InChI is InChI=1S/C37H48N6/c1-35(2,3)26-13-16-30(39)34(20-26)43-23-25-11-9-24(10-12-25)22-42-32-18-15-27(19-31(32)40)36(4,5)37(6,7)28-14-17-29(38)33(21-28)41-8/h9-23,31-32,41H,38-40H2,1-8H3. The molecular weight excluding hydrogens is 528 g/mol. The van der Waals surface area contributed by atoms with Gasteiger partial charge in [-0.3, -0.25) is 9.98 Å². The second kappa shape index (κ2) is 12.2. The van der Waals surface area contributed by atoms with E-state index in [-0.39, 0.29) is 28.3 Å². The minimum absolute atomic E-state index is 0.0352. The van der Waals surface area contributed by atoms with E-state index in [9.17, 15) is 0 Å². The molecule has 0 bridgehead atoms. The molecule has 0 aliphatic heterocycles. The summed E-state index contributed by atoms with van der Waals surface area (Å²) in [7, 11) is 1.90. The van der Waals surface area contributed by atoms with Crippen LogP contribution in [0.4, 0.5) is 22.7 Å². The number of anilines is 3. The molecule has 0 spiro atoms. The van der Waals surface area contributed by atoms with E-state index < -0.39 is 0 Å². The summed E-state index contributed by atoms with van der Waals surface area (Å²) >= 11 is 0. The molecule has 0 radical (unpaired) electrons. The van der Waals surface area contributed by atoms with Gasteiger partial charge in [0.2, 0.25) is 0 Å². The fourth-order valence-electron chi connectivity index (χ4n) is 5.25. The van der Waals surface area contributed by atoms with Crippen LogP contribution in [0.5, 0.6) is 0 Å². The van der Waals surface area contributed by atoms with Crippen molar-refractivity contribution in [1.29, 1.82) is 0 Å². The number of nitrogens with zero attached hydrogens (tertiary/aromatic N) is 2. The van der Waals surface area contributed by atoms with Crippen molar-refractivity contribution in [2.24, 2.45) is 21.1 Å². The number of nitrogen functional groups attached to an aromatic ring is 2. The molecule has 6 nitrogen and oxygen atoms in total. The second-order valence-electron chi connectivity index (χ2n) is 13.6. The van der Waals surface area contributed by atoms with Gasteiger partial charge >= 0.3 is 0 Å². The Hall–Kier alpha value is -4.16.